The van der Waals surface area contributed by atoms with E-state index >= 15 is 0 Å². The second kappa shape index (κ2) is 8.22. The third kappa shape index (κ3) is 5.08. The van der Waals surface area contributed by atoms with Crippen LogP contribution in [-0.4, -0.2) is 35.5 Å². The summed E-state index contributed by atoms with van der Waals surface area (Å²) in [6.07, 6.45) is 6.27. The molecule has 1 atom stereocenters. The van der Waals surface area contributed by atoms with Crippen molar-refractivity contribution in [1.29, 1.82) is 0 Å². The lowest BCUT2D eigenvalue weighted by Gasteiger charge is -2.18. The van der Waals surface area contributed by atoms with E-state index in [0.717, 1.165) is 30.4 Å². The Morgan fingerprint density at radius 2 is 2.12 bits per heavy atom. The summed E-state index contributed by atoms with van der Waals surface area (Å²) < 4.78 is 23.7. The minimum atomic E-state index is -3.13. The first-order chi connectivity index (χ1) is 12.1. The fraction of sp³-hybridized carbons (Fsp3) is 0.444. The van der Waals surface area contributed by atoms with Gasteiger partial charge in [0, 0.05) is 17.0 Å². The number of hydrogen-bond donors (Lipinski definition) is 1. The zero-order valence-corrected chi connectivity index (χ0v) is 16.6. The molecule has 1 heterocycles. The van der Waals surface area contributed by atoms with E-state index in [1.165, 1.54) is 18.1 Å². The molecule has 0 amide bonds. The van der Waals surface area contributed by atoms with Crippen LogP contribution in [0.3, 0.4) is 0 Å². The summed E-state index contributed by atoms with van der Waals surface area (Å²) in [4.78, 5) is 10.8. The number of aliphatic carboxylic acids is 1. The van der Waals surface area contributed by atoms with Crippen LogP contribution in [0, 0.1) is 6.92 Å². The molecule has 0 bridgehead atoms. The molecule has 0 fully saturated rings. The highest BCUT2D eigenvalue weighted by Crippen LogP contribution is 2.30. The quantitative estimate of drug-likeness (QED) is 0.855. The van der Waals surface area contributed by atoms with E-state index in [0.29, 0.717) is 10.9 Å². The molecule has 1 aliphatic carbocycles. The van der Waals surface area contributed by atoms with Crippen LogP contribution in [0.4, 0.5) is 0 Å². The van der Waals surface area contributed by atoms with E-state index in [2.05, 4.69) is 12.0 Å². The first-order valence-corrected chi connectivity index (χ1v) is 10.6. The van der Waals surface area contributed by atoms with Gasteiger partial charge in [-0.1, -0.05) is 24.6 Å². The summed E-state index contributed by atoms with van der Waals surface area (Å²) in [5.74, 6) is -0.296. The fourth-order valence-electron chi connectivity index (χ4n) is 2.91. The van der Waals surface area contributed by atoms with Crippen LogP contribution in [0.15, 0.2) is 29.3 Å². The van der Waals surface area contributed by atoms with Crippen molar-refractivity contribution in [3.8, 4) is 0 Å². The van der Waals surface area contributed by atoms with Gasteiger partial charge in [0.1, 0.15) is 6.54 Å². The lowest BCUT2D eigenvalue weighted by Crippen LogP contribution is -2.16. The molecule has 0 radical (unpaired) electrons. The van der Waals surface area contributed by atoms with E-state index in [-0.39, 0.29) is 11.4 Å². The Morgan fingerprint density at radius 1 is 1.42 bits per heavy atom. The predicted octanol–water partition coefficient (Wildman–Crippen LogP) is 3.46. The monoisotopic (exact) mass is 398 g/mol. The van der Waals surface area contributed by atoms with Gasteiger partial charge >= 0.3 is 5.97 Å². The summed E-state index contributed by atoms with van der Waals surface area (Å²) in [6, 6.07) is 4.71. The number of sulfone groups is 1. The highest BCUT2D eigenvalue weighted by atomic mass is 35.5. The maximum Gasteiger partial charge on any atom is 0.325 e. The number of rotatable bonds is 3. The maximum absolute atomic E-state index is 11.0. The van der Waals surface area contributed by atoms with Crippen molar-refractivity contribution < 1.29 is 18.3 Å². The third-order valence-electron chi connectivity index (χ3n) is 4.42. The number of aromatic nitrogens is 2. The molecule has 2 aromatic rings. The molecule has 8 heteroatoms. The molecule has 0 saturated carbocycles. The Balaban J connectivity index is 0.000000190. The summed E-state index contributed by atoms with van der Waals surface area (Å²) in [6.45, 7) is 3.99. The van der Waals surface area contributed by atoms with E-state index in [4.69, 9.17) is 16.7 Å². The van der Waals surface area contributed by atoms with Crippen molar-refractivity contribution in [2.24, 2.45) is 0 Å². The predicted molar refractivity (Wildman–Crippen MR) is 101 cm³/mol. The Labute approximate surface area is 158 Å². The largest absolute Gasteiger partial charge is 0.480 e. The molecule has 1 aromatic heterocycles. The molecular weight excluding hydrogens is 376 g/mol. The van der Waals surface area contributed by atoms with Crippen molar-refractivity contribution in [3.05, 3.63) is 46.2 Å². The van der Waals surface area contributed by atoms with Crippen molar-refractivity contribution in [2.45, 2.75) is 50.5 Å². The first-order valence-electron chi connectivity index (χ1n) is 8.32. The van der Waals surface area contributed by atoms with Gasteiger partial charge in [-0.05, 0) is 55.4 Å². The normalized spacial score (nSPS) is 16.4. The summed E-state index contributed by atoms with van der Waals surface area (Å²) >= 11 is 5.76. The number of hydrogen-bond acceptors (Lipinski definition) is 4. The zero-order chi connectivity index (χ0) is 19.5. The lowest BCUT2D eigenvalue weighted by molar-refractivity contribution is -0.137. The van der Waals surface area contributed by atoms with Crippen molar-refractivity contribution in [2.75, 3.05) is 6.26 Å². The molecule has 26 heavy (non-hydrogen) atoms. The van der Waals surface area contributed by atoms with Gasteiger partial charge in [-0.3, -0.25) is 9.48 Å². The number of aryl methyl sites for hydroxylation is 1. The van der Waals surface area contributed by atoms with Gasteiger partial charge < -0.3 is 5.11 Å². The Hall–Kier alpha value is -1.86. The van der Waals surface area contributed by atoms with Gasteiger partial charge in [0.2, 0.25) is 0 Å². The number of benzene rings is 1. The van der Waals surface area contributed by atoms with Gasteiger partial charge in [0.15, 0.2) is 9.84 Å². The highest BCUT2D eigenvalue weighted by molar-refractivity contribution is 7.90. The van der Waals surface area contributed by atoms with Gasteiger partial charge in [-0.15, -0.1) is 0 Å². The zero-order valence-electron chi connectivity index (χ0n) is 15.1. The van der Waals surface area contributed by atoms with Gasteiger partial charge in [0.05, 0.1) is 11.1 Å². The van der Waals surface area contributed by atoms with Gasteiger partial charge in [-0.25, -0.2) is 8.42 Å². The number of carboxylic acid groups (broad SMARTS) is 1. The minimum absolute atomic E-state index is 0.0119. The Kier molecular flexibility index (Phi) is 6.47. The Bertz CT molecular complexity index is 906. The van der Waals surface area contributed by atoms with Crippen molar-refractivity contribution in [3.63, 3.8) is 0 Å². The molecule has 1 N–H and O–H groups in total. The van der Waals surface area contributed by atoms with Gasteiger partial charge in [-0.2, -0.15) is 5.10 Å². The fourth-order valence-corrected chi connectivity index (χ4v) is 3.80. The minimum Gasteiger partial charge on any atom is -0.480 e. The number of carbonyl (C=O) groups is 1. The molecule has 0 spiro atoms. The number of nitrogens with zero attached hydrogens (tertiary/aromatic N) is 2. The van der Waals surface area contributed by atoms with Crippen LogP contribution in [0.25, 0.3) is 0 Å². The Morgan fingerprint density at radius 3 is 2.69 bits per heavy atom. The summed E-state index contributed by atoms with van der Waals surface area (Å²) in [5, 5.41) is 13.3. The highest BCUT2D eigenvalue weighted by Gasteiger charge is 2.21. The van der Waals surface area contributed by atoms with Crippen LogP contribution in [0.2, 0.25) is 5.02 Å². The van der Waals surface area contributed by atoms with Gasteiger partial charge in [0.25, 0.3) is 0 Å². The number of halogens is 1. The SMILES string of the molecule is CC1CCCc2c1cnn2CC(=O)O.Cc1ccc(S(C)(=O)=O)cc1Cl. The van der Waals surface area contributed by atoms with Crippen LogP contribution >= 0.6 is 11.6 Å². The average Bonchev–Trinajstić information content (AvgIpc) is 2.93. The van der Waals surface area contributed by atoms with Crippen LogP contribution in [0.5, 0.6) is 0 Å². The smallest absolute Gasteiger partial charge is 0.325 e. The third-order valence-corrected chi connectivity index (χ3v) is 5.94. The molecular formula is C18H23ClN2O4S. The van der Waals surface area contributed by atoms with Crippen LogP contribution in [0.1, 0.15) is 42.5 Å². The molecule has 1 unspecified atom stereocenters. The summed E-state index contributed by atoms with van der Waals surface area (Å²) in [7, 11) is -3.13. The second-order valence-corrected chi connectivity index (χ2v) is 9.00. The van der Waals surface area contributed by atoms with Crippen LogP contribution < -0.4 is 0 Å². The topological polar surface area (TPSA) is 89.3 Å². The molecule has 1 aliphatic rings. The second-order valence-electron chi connectivity index (χ2n) is 6.57. The molecule has 0 aliphatic heterocycles. The van der Waals surface area contributed by atoms with E-state index in [9.17, 15) is 13.2 Å². The summed E-state index contributed by atoms with van der Waals surface area (Å²) in [5.41, 5.74) is 3.23. The van der Waals surface area contributed by atoms with Crippen LogP contribution in [-0.2, 0) is 27.6 Å². The standard InChI is InChI=1S/C10H14N2O2.C8H9ClO2S/c1-7-3-2-4-9-8(7)5-11-12(9)6-10(13)14;1-6-3-4-7(5-8(6)9)12(2,10)11/h5,7H,2-4,6H2,1H3,(H,13,14);3-5H,1-2H3. The van der Waals surface area contributed by atoms with E-state index in [1.807, 2.05) is 13.1 Å². The van der Waals surface area contributed by atoms with E-state index in [1.54, 1.807) is 16.8 Å². The molecule has 6 nitrogen and oxygen atoms in total. The average molecular weight is 399 g/mol. The number of fused-ring (bicyclic) bond motifs is 1. The van der Waals surface area contributed by atoms with E-state index < -0.39 is 15.8 Å². The number of carboxylic acids is 1. The first kappa shape index (κ1) is 20.5. The van der Waals surface area contributed by atoms with Crippen molar-refractivity contribution in [1.82, 2.24) is 9.78 Å². The molecule has 3 rings (SSSR count). The lowest BCUT2D eigenvalue weighted by atomic mass is 9.89. The molecule has 0 saturated heterocycles. The van der Waals surface area contributed by atoms with Crippen molar-refractivity contribution >= 4 is 27.4 Å². The maximum atomic E-state index is 11.0. The molecule has 142 valence electrons. The molecule has 1 aromatic carbocycles.